The molecule has 1 aromatic rings. The Kier molecular flexibility index (Phi) is 6.06. The van der Waals surface area contributed by atoms with Gasteiger partial charge in [-0.25, -0.2) is 13.1 Å². The highest BCUT2D eigenvalue weighted by molar-refractivity contribution is 7.89. The van der Waals surface area contributed by atoms with Gasteiger partial charge in [0.1, 0.15) is 0 Å². The van der Waals surface area contributed by atoms with E-state index in [1.165, 1.54) is 6.07 Å². The molecule has 0 aliphatic carbocycles. The standard InChI is InChI=1S/C12H20N4O4S/c1-3-9(4-2)8-14-21(19,20)12-7-10(15-13)5-6-11(12)16(17)18/h5-7,9,14-15H,3-4,8,13H2,1-2H3. The fourth-order valence-corrected chi connectivity index (χ4v) is 3.16. The van der Waals surface area contributed by atoms with Gasteiger partial charge < -0.3 is 5.43 Å². The molecule has 0 aliphatic heterocycles. The third-order valence-corrected chi connectivity index (χ3v) is 4.78. The van der Waals surface area contributed by atoms with Crippen molar-refractivity contribution in [2.24, 2.45) is 11.8 Å². The van der Waals surface area contributed by atoms with Crippen LogP contribution in [0.3, 0.4) is 0 Å². The van der Waals surface area contributed by atoms with Crippen LogP contribution in [-0.4, -0.2) is 19.9 Å². The summed E-state index contributed by atoms with van der Waals surface area (Å²) in [6, 6.07) is 3.60. The fraction of sp³-hybridized carbons (Fsp3) is 0.500. The minimum Gasteiger partial charge on any atom is -0.324 e. The number of anilines is 1. The van der Waals surface area contributed by atoms with E-state index < -0.39 is 25.5 Å². The first-order valence-electron chi connectivity index (χ1n) is 6.60. The molecule has 8 nitrogen and oxygen atoms in total. The third kappa shape index (κ3) is 4.38. The zero-order chi connectivity index (χ0) is 16.0. The van der Waals surface area contributed by atoms with Gasteiger partial charge in [-0.3, -0.25) is 16.0 Å². The van der Waals surface area contributed by atoms with Crippen molar-refractivity contribution in [2.75, 3.05) is 12.0 Å². The van der Waals surface area contributed by atoms with Crippen LogP contribution in [0.4, 0.5) is 11.4 Å². The maximum absolute atomic E-state index is 12.3. The average molecular weight is 316 g/mol. The van der Waals surface area contributed by atoms with Crippen LogP contribution in [-0.2, 0) is 10.0 Å². The number of nitrogens with one attached hydrogen (secondary N) is 2. The van der Waals surface area contributed by atoms with Gasteiger partial charge in [0, 0.05) is 12.6 Å². The predicted molar refractivity (Wildman–Crippen MR) is 80.2 cm³/mol. The second-order valence-electron chi connectivity index (χ2n) is 4.62. The zero-order valence-electron chi connectivity index (χ0n) is 12.0. The molecule has 0 saturated carbocycles. The molecule has 4 N–H and O–H groups in total. The van der Waals surface area contributed by atoms with Crippen molar-refractivity contribution in [2.45, 2.75) is 31.6 Å². The van der Waals surface area contributed by atoms with Crippen LogP contribution < -0.4 is 16.0 Å². The summed E-state index contributed by atoms with van der Waals surface area (Å²) in [6.07, 6.45) is 1.65. The topological polar surface area (TPSA) is 127 Å². The first-order valence-corrected chi connectivity index (χ1v) is 8.08. The first kappa shape index (κ1) is 17.3. The second kappa shape index (κ2) is 7.34. The molecular formula is C12H20N4O4S. The van der Waals surface area contributed by atoms with Gasteiger partial charge in [0.15, 0.2) is 4.90 Å². The molecule has 0 unspecified atom stereocenters. The number of hydrogen-bond acceptors (Lipinski definition) is 6. The summed E-state index contributed by atoms with van der Waals surface area (Å²) in [5, 5.41) is 11.0. The number of hydrazine groups is 1. The highest BCUT2D eigenvalue weighted by Crippen LogP contribution is 2.26. The smallest absolute Gasteiger partial charge is 0.289 e. The van der Waals surface area contributed by atoms with Crippen LogP contribution >= 0.6 is 0 Å². The van der Waals surface area contributed by atoms with Gasteiger partial charge in [-0.2, -0.15) is 0 Å². The lowest BCUT2D eigenvalue weighted by atomic mass is 10.0. The lowest BCUT2D eigenvalue weighted by molar-refractivity contribution is -0.387. The Balaban J connectivity index is 3.14. The Morgan fingerprint density at radius 3 is 2.43 bits per heavy atom. The van der Waals surface area contributed by atoms with E-state index in [-0.39, 0.29) is 18.2 Å². The van der Waals surface area contributed by atoms with Crippen LogP contribution in [0.25, 0.3) is 0 Å². The van der Waals surface area contributed by atoms with Gasteiger partial charge in [0.25, 0.3) is 5.69 Å². The number of nitrogens with two attached hydrogens (primary N) is 1. The molecule has 9 heteroatoms. The number of hydrogen-bond donors (Lipinski definition) is 3. The van der Waals surface area contributed by atoms with Crippen molar-refractivity contribution in [3.05, 3.63) is 28.3 Å². The van der Waals surface area contributed by atoms with E-state index in [0.717, 1.165) is 25.0 Å². The molecule has 0 saturated heterocycles. The Hall–Kier alpha value is -1.71. The Morgan fingerprint density at radius 2 is 1.95 bits per heavy atom. The number of nitro groups is 1. The lowest BCUT2D eigenvalue weighted by Crippen LogP contribution is -2.29. The van der Waals surface area contributed by atoms with Crippen LogP contribution in [0.2, 0.25) is 0 Å². The molecule has 0 aromatic heterocycles. The van der Waals surface area contributed by atoms with Crippen LogP contribution in [0, 0.1) is 16.0 Å². The van der Waals surface area contributed by atoms with Crippen LogP contribution in [0.5, 0.6) is 0 Å². The quantitative estimate of drug-likeness (QED) is 0.380. The van der Waals surface area contributed by atoms with Gasteiger partial charge >= 0.3 is 0 Å². The van der Waals surface area contributed by atoms with Gasteiger partial charge in [0.2, 0.25) is 10.0 Å². The summed E-state index contributed by atoms with van der Waals surface area (Å²) >= 11 is 0. The maximum Gasteiger partial charge on any atom is 0.289 e. The molecule has 0 bridgehead atoms. The van der Waals surface area contributed by atoms with Crippen molar-refractivity contribution in [1.82, 2.24) is 4.72 Å². The molecule has 1 rings (SSSR count). The summed E-state index contributed by atoms with van der Waals surface area (Å²) in [4.78, 5) is 9.86. The van der Waals surface area contributed by atoms with Crippen molar-refractivity contribution in [1.29, 1.82) is 0 Å². The summed E-state index contributed by atoms with van der Waals surface area (Å²) < 4.78 is 27.0. The Bertz CT molecular complexity index is 599. The normalized spacial score (nSPS) is 11.6. The number of nitrogens with zero attached hydrogens (tertiary/aromatic N) is 1. The molecule has 0 spiro atoms. The fourth-order valence-electron chi connectivity index (χ4n) is 1.85. The molecule has 0 fully saturated rings. The summed E-state index contributed by atoms with van der Waals surface area (Å²) in [5.74, 6) is 5.41. The van der Waals surface area contributed by atoms with Gasteiger partial charge in [0.05, 0.1) is 10.6 Å². The molecule has 0 aliphatic rings. The van der Waals surface area contributed by atoms with E-state index in [2.05, 4.69) is 10.1 Å². The van der Waals surface area contributed by atoms with Crippen LogP contribution in [0.15, 0.2) is 23.1 Å². The summed E-state index contributed by atoms with van der Waals surface area (Å²) in [5.41, 5.74) is 2.08. The van der Waals surface area contributed by atoms with Crippen molar-refractivity contribution < 1.29 is 13.3 Å². The van der Waals surface area contributed by atoms with E-state index in [1.807, 2.05) is 13.8 Å². The van der Waals surface area contributed by atoms with Crippen LogP contribution in [0.1, 0.15) is 26.7 Å². The number of rotatable bonds is 8. The first-order chi connectivity index (χ1) is 9.85. The van der Waals surface area contributed by atoms with E-state index in [0.29, 0.717) is 0 Å². The third-order valence-electron chi connectivity index (χ3n) is 3.33. The minimum atomic E-state index is -3.97. The van der Waals surface area contributed by atoms with Crippen molar-refractivity contribution in [3.63, 3.8) is 0 Å². The van der Waals surface area contributed by atoms with Gasteiger partial charge in [-0.15, -0.1) is 0 Å². The monoisotopic (exact) mass is 316 g/mol. The lowest BCUT2D eigenvalue weighted by Gasteiger charge is -2.14. The predicted octanol–water partition coefficient (Wildman–Crippen LogP) is 1.59. The van der Waals surface area contributed by atoms with E-state index in [1.54, 1.807) is 0 Å². The van der Waals surface area contributed by atoms with E-state index >= 15 is 0 Å². The molecule has 0 radical (unpaired) electrons. The molecule has 21 heavy (non-hydrogen) atoms. The number of benzene rings is 1. The number of sulfonamides is 1. The van der Waals surface area contributed by atoms with Gasteiger partial charge in [-0.05, 0) is 18.1 Å². The van der Waals surface area contributed by atoms with Crippen molar-refractivity contribution >= 4 is 21.4 Å². The van der Waals surface area contributed by atoms with Crippen molar-refractivity contribution in [3.8, 4) is 0 Å². The largest absolute Gasteiger partial charge is 0.324 e. The molecule has 118 valence electrons. The highest BCUT2D eigenvalue weighted by Gasteiger charge is 2.26. The number of nitrogen functional groups attached to an aromatic ring is 1. The molecular weight excluding hydrogens is 296 g/mol. The molecule has 0 amide bonds. The average Bonchev–Trinajstić information content (AvgIpc) is 2.47. The number of nitro benzene ring substituents is 1. The molecule has 1 aromatic carbocycles. The van der Waals surface area contributed by atoms with E-state index in [9.17, 15) is 18.5 Å². The summed E-state index contributed by atoms with van der Waals surface area (Å²) in [6.45, 7) is 4.17. The maximum atomic E-state index is 12.3. The SMILES string of the molecule is CCC(CC)CNS(=O)(=O)c1cc(NN)ccc1[N+](=O)[O-]. The molecule has 0 atom stereocenters. The Labute approximate surface area is 123 Å². The summed E-state index contributed by atoms with van der Waals surface area (Å²) in [7, 11) is -3.97. The highest BCUT2D eigenvalue weighted by atomic mass is 32.2. The second-order valence-corrected chi connectivity index (χ2v) is 6.35. The molecule has 0 heterocycles. The van der Waals surface area contributed by atoms with E-state index in [4.69, 9.17) is 5.84 Å². The van der Waals surface area contributed by atoms with Gasteiger partial charge in [-0.1, -0.05) is 26.7 Å². The zero-order valence-corrected chi connectivity index (χ0v) is 12.8. The minimum absolute atomic E-state index is 0.189. The Morgan fingerprint density at radius 1 is 1.33 bits per heavy atom.